The lowest BCUT2D eigenvalue weighted by Crippen LogP contribution is -2.10. The molecule has 5 heteroatoms. The van der Waals surface area contributed by atoms with Crippen LogP contribution >= 0.6 is 9.24 Å². The monoisotopic (exact) mass is 254 g/mol. The average molecular weight is 254 g/mol. The molecule has 0 amide bonds. The van der Waals surface area contributed by atoms with Gasteiger partial charge in [0.15, 0.2) is 0 Å². The highest BCUT2D eigenvalue weighted by molar-refractivity contribution is 7.27. The minimum atomic E-state index is -0.845. The molecule has 92 valence electrons. The number of hydrogen-bond acceptors (Lipinski definition) is 2. The van der Waals surface area contributed by atoms with Crippen molar-refractivity contribution in [2.75, 3.05) is 0 Å². The van der Waals surface area contributed by atoms with Crippen molar-refractivity contribution in [1.82, 2.24) is 0 Å². The largest absolute Gasteiger partial charge is 0.481 e. The standard InChI is InChI=1S/C12H15O4P/c13-11(14)6-4-8-2-1-3-10(17)9(8)5-7-12(15)16/h1-3H,4-7,17H2,(H,13,14)(H,15,16). The molecular weight excluding hydrogens is 239 g/mol. The van der Waals surface area contributed by atoms with Gasteiger partial charge in [-0.25, -0.2) is 0 Å². The molecule has 1 rings (SSSR count). The fourth-order valence-corrected chi connectivity index (χ4v) is 2.11. The first kappa shape index (κ1) is 13.7. The number of carboxylic acids is 2. The van der Waals surface area contributed by atoms with E-state index in [9.17, 15) is 9.59 Å². The van der Waals surface area contributed by atoms with Crippen molar-refractivity contribution in [2.24, 2.45) is 0 Å². The van der Waals surface area contributed by atoms with Crippen LogP contribution in [0.25, 0.3) is 0 Å². The van der Waals surface area contributed by atoms with Crippen LogP contribution in [0, 0.1) is 0 Å². The third-order valence-corrected chi connectivity index (χ3v) is 3.05. The van der Waals surface area contributed by atoms with Crippen molar-refractivity contribution >= 4 is 26.5 Å². The lowest BCUT2D eigenvalue weighted by molar-refractivity contribution is -0.138. The fraction of sp³-hybridized carbons (Fsp3) is 0.333. The quantitative estimate of drug-likeness (QED) is 0.748. The molecule has 0 radical (unpaired) electrons. The smallest absolute Gasteiger partial charge is 0.303 e. The topological polar surface area (TPSA) is 74.6 Å². The fourth-order valence-electron chi connectivity index (χ4n) is 1.67. The van der Waals surface area contributed by atoms with E-state index < -0.39 is 11.9 Å². The average Bonchev–Trinajstić information content (AvgIpc) is 2.24. The summed E-state index contributed by atoms with van der Waals surface area (Å²) in [6.07, 6.45) is 0.996. The van der Waals surface area contributed by atoms with Gasteiger partial charge in [-0.15, -0.1) is 9.24 Å². The van der Waals surface area contributed by atoms with E-state index in [1.807, 2.05) is 18.2 Å². The van der Waals surface area contributed by atoms with Crippen LogP contribution in [0.4, 0.5) is 0 Å². The Morgan fingerprint density at radius 3 is 2.24 bits per heavy atom. The van der Waals surface area contributed by atoms with Crippen molar-refractivity contribution in [3.63, 3.8) is 0 Å². The molecule has 0 aliphatic heterocycles. The Labute approximate surface area is 102 Å². The molecule has 1 unspecified atom stereocenters. The first-order chi connectivity index (χ1) is 8.00. The number of hydrogen-bond donors (Lipinski definition) is 2. The maximum absolute atomic E-state index is 10.6. The molecule has 0 saturated carbocycles. The zero-order valence-electron chi connectivity index (χ0n) is 9.35. The molecule has 0 aliphatic rings. The summed E-state index contributed by atoms with van der Waals surface area (Å²) in [5, 5.41) is 18.3. The van der Waals surface area contributed by atoms with E-state index in [0.717, 1.165) is 16.4 Å². The second-order valence-electron chi connectivity index (χ2n) is 3.77. The van der Waals surface area contributed by atoms with Gasteiger partial charge in [-0.2, -0.15) is 0 Å². The Morgan fingerprint density at radius 2 is 1.65 bits per heavy atom. The first-order valence-corrected chi connectivity index (χ1v) is 5.88. The third kappa shape index (κ3) is 4.53. The Hall–Kier alpha value is -1.41. The van der Waals surface area contributed by atoms with Gasteiger partial charge in [0, 0.05) is 12.8 Å². The summed E-state index contributed by atoms with van der Waals surface area (Å²) < 4.78 is 0. The van der Waals surface area contributed by atoms with Gasteiger partial charge in [0.05, 0.1) is 0 Å². The van der Waals surface area contributed by atoms with Crippen molar-refractivity contribution in [1.29, 1.82) is 0 Å². The van der Waals surface area contributed by atoms with E-state index in [1.165, 1.54) is 0 Å². The molecule has 0 saturated heterocycles. The van der Waals surface area contributed by atoms with E-state index in [0.29, 0.717) is 12.8 Å². The summed E-state index contributed by atoms with van der Waals surface area (Å²) in [7, 11) is 2.56. The lowest BCUT2D eigenvalue weighted by Gasteiger charge is -2.10. The van der Waals surface area contributed by atoms with Crippen LogP contribution in [0.3, 0.4) is 0 Å². The van der Waals surface area contributed by atoms with Crippen LogP contribution in [-0.4, -0.2) is 22.2 Å². The summed E-state index contributed by atoms with van der Waals surface area (Å²) in [5.74, 6) is -1.69. The van der Waals surface area contributed by atoms with Gasteiger partial charge >= 0.3 is 11.9 Å². The van der Waals surface area contributed by atoms with E-state index in [1.54, 1.807) is 0 Å². The highest BCUT2D eigenvalue weighted by atomic mass is 31.0. The highest BCUT2D eigenvalue weighted by Crippen LogP contribution is 2.14. The predicted octanol–water partition coefficient (Wildman–Crippen LogP) is 1.22. The van der Waals surface area contributed by atoms with Crippen molar-refractivity contribution in [3.05, 3.63) is 29.3 Å². The number of aryl methyl sites for hydroxylation is 1. The number of carboxylic acid groups (broad SMARTS) is 2. The lowest BCUT2D eigenvalue weighted by atomic mass is 9.99. The zero-order valence-corrected chi connectivity index (χ0v) is 10.5. The van der Waals surface area contributed by atoms with Crippen LogP contribution < -0.4 is 5.30 Å². The summed E-state index contributed by atoms with van der Waals surface area (Å²) in [4.78, 5) is 21.1. The molecule has 0 fully saturated rings. The van der Waals surface area contributed by atoms with Gasteiger partial charge < -0.3 is 10.2 Å². The molecule has 4 nitrogen and oxygen atoms in total. The zero-order chi connectivity index (χ0) is 12.8. The SMILES string of the molecule is O=C(O)CCc1cccc(P)c1CCC(=O)O. The van der Waals surface area contributed by atoms with Crippen LogP contribution in [0.2, 0.25) is 0 Å². The Kier molecular flexibility index (Phi) is 5.11. The summed E-state index contributed by atoms with van der Waals surface area (Å²) >= 11 is 0. The van der Waals surface area contributed by atoms with Gasteiger partial charge in [-0.1, -0.05) is 18.2 Å². The van der Waals surface area contributed by atoms with Gasteiger partial charge in [0.1, 0.15) is 0 Å². The molecule has 1 aromatic carbocycles. The molecule has 0 bridgehead atoms. The van der Waals surface area contributed by atoms with Crippen LogP contribution in [-0.2, 0) is 22.4 Å². The molecule has 17 heavy (non-hydrogen) atoms. The Morgan fingerprint density at radius 1 is 1.06 bits per heavy atom. The molecule has 0 aliphatic carbocycles. The number of benzene rings is 1. The van der Waals surface area contributed by atoms with Gasteiger partial charge in [0.25, 0.3) is 0 Å². The van der Waals surface area contributed by atoms with Crippen molar-refractivity contribution in [3.8, 4) is 0 Å². The molecular formula is C12H15O4P. The van der Waals surface area contributed by atoms with Gasteiger partial charge in [0.2, 0.25) is 0 Å². The van der Waals surface area contributed by atoms with Gasteiger partial charge in [-0.3, -0.25) is 9.59 Å². The van der Waals surface area contributed by atoms with E-state index in [2.05, 4.69) is 9.24 Å². The number of carbonyl (C=O) groups is 2. The Balaban J connectivity index is 2.83. The van der Waals surface area contributed by atoms with Crippen LogP contribution in [0.5, 0.6) is 0 Å². The van der Waals surface area contributed by atoms with Crippen molar-refractivity contribution in [2.45, 2.75) is 25.7 Å². The minimum absolute atomic E-state index is 0.0610. The normalized spacial score (nSPS) is 10.2. The first-order valence-electron chi connectivity index (χ1n) is 5.30. The molecule has 2 N–H and O–H groups in total. The summed E-state index contributed by atoms with van der Waals surface area (Å²) in [6, 6.07) is 5.59. The summed E-state index contributed by atoms with van der Waals surface area (Å²) in [6.45, 7) is 0. The second kappa shape index (κ2) is 6.36. The number of rotatable bonds is 6. The summed E-state index contributed by atoms with van der Waals surface area (Å²) in [5.41, 5.74) is 1.85. The molecule has 0 aromatic heterocycles. The third-order valence-electron chi connectivity index (χ3n) is 2.51. The van der Waals surface area contributed by atoms with Crippen molar-refractivity contribution < 1.29 is 19.8 Å². The molecule has 0 heterocycles. The van der Waals surface area contributed by atoms with E-state index in [4.69, 9.17) is 10.2 Å². The minimum Gasteiger partial charge on any atom is -0.481 e. The predicted molar refractivity (Wildman–Crippen MR) is 67.7 cm³/mol. The molecule has 0 spiro atoms. The molecule has 1 aromatic rings. The Bertz CT molecular complexity index is 429. The van der Waals surface area contributed by atoms with E-state index >= 15 is 0 Å². The van der Waals surface area contributed by atoms with Gasteiger partial charge in [-0.05, 0) is 29.3 Å². The molecule has 1 atom stereocenters. The van der Waals surface area contributed by atoms with Crippen LogP contribution in [0.1, 0.15) is 24.0 Å². The maximum atomic E-state index is 10.6. The van der Waals surface area contributed by atoms with E-state index in [-0.39, 0.29) is 12.8 Å². The second-order valence-corrected chi connectivity index (χ2v) is 4.39. The maximum Gasteiger partial charge on any atom is 0.303 e. The van der Waals surface area contributed by atoms with Crippen LogP contribution in [0.15, 0.2) is 18.2 Å². The highest BCUT2D eigenvalue weighted by Gasteiger charge is 2.09. The number of aliphatic carboxylic acids is 2.